The molecule has 1 aromatic carbocycles. The Labute approximate surface area is 128 Å². The molecule has 0 saturated carbocycles. The molecule has 0 aliphatic carbocycles. The summed E-state index contributed by atoms with van der Waals surface area (Å²) in [5, 5.41) is 3.23. The number of ether oxygens (including phenoxy) is 1. The lowest BCUT2D eigenvalue weighted by atomic mass is 10.1. The highest BCUT2D eigenvalue weighted by Gasteiger charge is 2.22. The summed E-state index contributed by atoms with van der Waals surface area (Å²) in [6, 6.07) is 6.37. The highest BCUT2D eigenvalue weighted by Crippen LogP contribution is 2.16. The van der Waals surface area contributed by atoms with Crippen LogP contribution in [0.15, 0.2) is 24.3 Å². The van der Waals surface area contributed by atoms with E-state index in [2.05, 4.69) is 10.1 Å². The van der Waals surface area contributed by atoms with Gasteiger partial charge in [-0.05, 0) is 24.6 Å². The normalized spacial score (nSPS) is 18.3. The fourth-order valence-electron chi connectivity index (χ4n) is 2.28. The first-order valence-electron chi connectivity index (χ1n) is 6.60. The molecule has 0 aromatic heterocycles. The van der Waals surface area contributed by atoms with Crippen LogP contribution >= 0.6 is 12.4 Å². The number of carbonyl (C=O) groups excluding carboxylic acids is 1. The van der Waals surface area contributed by atoms with Crippen LogP contribution in [0.5, 0.6) is 5.75 Å². The summed E-state index contributed by atoms with van der Waals surface area (Å²) in [6.07, 6.45) is 0.277. The molecule has 1 saturated heterocycles. The first kappa shape index (κ1) is 17.7. The molecule has 1 aromatic rings. The van der Waals surface area contributed by atoms with Gasteiger partial charge < -0.3 is 15.0 Å². The largest absolute Gasteiger partial charge is 0.435 e. The standard InChI is InChI=1S/C14H18F2N2O2.ClH/c1-10-9-17-6-7-18(10)13(19)8-11-2-4-12(5-3-11)20-14(15)16;/h2-5,10,14,17H,6-9H2,1H3;1H/t10-;/m0./s1. The second-order valence-electron chi connectivity index (χ2n) is 4.84. The molecule has 1 heterocycles. The molecule has 1 fully saturated rings. The van der Waals surface area contributed by atoms with Gasteiger partial charge in [0, 0.05) is 25.7 Å². The molecule has 7 heteroatoms. The third kappa shape index (κ3) is 5.13. The van der Waals surface area contributed by atoms with Crippen LogP contribution in [0.3, 0.4) is 0 Å². The van der Waals surface area contributed by atoms with Crippen molar-refractivity contribution in [3.63, 3.8) is 0 Å². The van der Waals surface area contributed by atoms with Gasteiger partial charge >= 0.3 is 6.61 Å². The molecular formula is C14H19ClF2N2O2. The predicted octanol–water partition coefficient (Wildman–Crippen LogP) is 2.07. The van der Waals surface area contributed by atoms with Gasteiger partial charge in [-0.25, -0.2) is 0 Å². The monoisotopic (exact) mass is 320 g/mol. The smallest absolute Gasteiger partial charge is 0.387 e. The van der Waals surface area contributed by atoms with Gasteiger partial charge in [-0.15, -0.1) is 12.4 Å². The third-order valence-corrected chi connectivity index (χ3v) is 3.33. The van der Waals surface area contributed by atoms with Crippen molar-refractivity contribution in [2.75, 3.05) is 19.6 Å². The molecule has 1 N–H and O–H groups in total. The number of amides is 1. The third-order valence-electron chi connectivity index (χ3n) is 3.33. The van der Waals surface area contributed by atoms with E-state index in [1.165, 1.54) is 12.1 Å². The minimum atomic E-state index is -2.83. The van der Waals surface area contributed by atoms with E-state index >= 15 is 0 Å². The molecule has 21 heavy (non-hydrogen) atoms. The van der Waals surface area contributed by atoms with Gasteiger partial charge in [0.1, 0.15) is 5.75 Å². The van der Waals surface area contributed by atoms with Crippen LogP contribution in [-0.4, -0.2) is 43.1 Å². The maximum atomic E-state index is 12.2. The van der Waals surface area contributed by atoms with Crippen molar-refractivity contribution in [3.05, 3.63) is 29.8 Å². The molecule has 2 rings (SSSR count). The van der Waals surface area contributed by atoms with E-state index in [-0.39, 0.29) is 36.5 Å². The van der Waals surface area contributed by atoms with Crippen molar-refractivity contribution >= 4 is 18.3 Å². The Morgan fingerprint density at radius 2 is 2.10 bits per heavy atom. The van der Waals surface area contributed by atoms with Crippen molar-refractivity contribution < 1.29 is 18.3 Å². The molecule has 1 aliphatic heterocycles. The maximum absolute atomic E-state index is 12.2. The Bertz CT molecular complexity index is 457. The fourth-order valence-corrected chi connectivity index (χ4v) is 2.28. The first-order chi connectivity index (χ1) is 9.56. The SMILES string of the molecule is C[C@H]1CNCCN1C(=O)Cc1ccc(OC(F)F)cc1.Cl. The Kier molecular flexibility index (Phi) is 6.84. The number of halogens is 3. The number of nitrogens with one attached hydrogen (secondary N) is 1. The lowest BCUT2D eigenvalue weighted by molar-refractivity contribution is -0.133. The fraction of sp³-hybridized carbons (Fsp3) is 0.500. The molecule has 0 bridgehead atoms. The molecule has 1 aliphatic rings. The summed E-state index contributed by atoms with van der Waals surface area (Å²) < 4.78 is 28.3. The van der Waals surface area contributed by atoms with Crippen molar-refractivity contribution in [1.82, 2.24) is 10.2 Å². The van der Waals surface area contributed by atoms with E-state index in [0.717, 1.165) is 18.7 Å². The van der Waals surface area contributed by atoms with E-state index in [4.69, 9.17) is 0 Å². The van der Waals surface area contributed by atoms with Crippen LogP contribution in [0.1, 0.15) is 12.5 Å². The Hall–Kier alpha value is -1.40. The Morgan fingerprint density at radius 3 is 2.67 bits per heavy atom. The molecule has 4 nitrogen and oxygen atoms in total. The summed E-state index contributed by atoms with van der Waals surface area (Å²) in [7, 11) is 0. The topological polar surface area (TPSA) is 41.6 Å². The number of hydrogen-bond donors (Lipinski definition) is 1. The van der Waals surface area contributed by atoms with E-state index < -0.39 is 6.61 Å². The Balaban J connectivity index is 0.00000220. The summed E-state index contributed by atoms with van der Waals surface area (Å²) in [6.45, 7) is 1.48. The quantitative estimate of drug-likeness (QED) is 0.923. The summed E-state index contributed by atoms with van der Waals surface area (Å²) in [5.74, 6) is 0.160. The zero-order valence-corrected chi connectivity index (χ0v) is 12.5. The zero-order valence-electron chi connectivity index (χ0n) is 11.7. The van der Waals surface area contributed by atoms with Gasteiger partial charge in [0.05, 0.1) is 6.42 Å². The van der Waals surface area contributed by atoms with Gasteiger partial charge in [0.2, 0.25) is 5.91 Å². The Morgan fingerprint density at radius 1 is 1.43 bits per heavy atom. The number of alkyl halides is 2. The molecule has 0 radical (unpaired) electrons. The van der Waals surface area contributed by atoms with Crippen LogP contribution < -0.4 is 10.1 Å². The van der Waals surface area contributed by atoms with E-state index in [1.54, 1.807) is 12.1 Å². The minimum absolute atomic E-state index is 0. The number of benzene rings is 1. The molecule has 1 amide bonds. The van der Waals surface area contributed by atoms with E-state index in [1.807, 2.05) is 11.8 Å². The molecule has 118 valence electrons. The summed E-state index contributed by atoms with van der Waals surface area (Å²) >= 11 is 0. The number of rotatable bonds is 4. The molecule has 1 atom stereocenters. The number of nitrogens with zero attached hydrogens (tertiary/aromatic N) is 1. The lowest BCUT2D eigenvalue weighted by Gasteiger charge is -2.34. The van der Waals surface area contributed by atoms with Crippen molar-refractivity contribution in [2.24, 2.45) is 0 Å². The van der Waals surface area contributed by atoms with Crippen molar-refractivity contribution in [3.8, 4) is 5.75 Å². The average molecular weight is 321 g/mol. The first-order valence-corrected chi connectivity index (χ1v) is 6.60. The molecule has 0 spiro atoms. The second-order valence-corrected chi connectivity index (χ2v) is 4.84. The van der Waals surface area contributed by atoms with E-state index in [9.17, 15) is 13.6 Å². The van der Waals surface area contributed by atoms with Gasteiger partial charge in [-0.2, -0.15) is 8.78 Å². The van der Waals surface area contributed by atoms with Gasteiger partial charge in [0.25, 0.3) is 0 Å². The zero-order chi connectivity index (χ0) is 14.5. The molecular weight excluding hydrogens is 302 g/mol. The molecule has 0 unspecified atom stereocenters. The van der Waals surface area contributed by atoms with Crippen LogP contribution in [0.4, 0.5) is 8.78 Å². The second kappa shape index (κ2) is 8.14. The van der Waals surface area contributed by atoms with Crippen molar-refractivity contribution in [1.29, 1.82) is 0 Å². The maximum Gasteiger partial charge on any atom is 0.387 e. The van der Waals surface area contributed by atoms with Crippen LogP contribution in [0.25, 0.3) is 0 Å². The van der Waals surface area contributed by atoms with Gasteiger partial charge in [0.15, 0.2) is 0 Å². The van der Waals surface area contributed by atoms with Crippen molar-refractivity contribution in [2.45, 2.75) is 26.0 Å². The van der Waals surface area contributed by atoms with Crippen LogP contribution in [0, 0.1) is 0 Å². The predicted molar refractivity (Wildman–Crippen MR) is 78.1 cm³/mol. The summed E-state index contributed by atoms with van der Waals surface area (Å²) in [5.41, 5.74) is 0.794. The van der Waals surface area contributed by atoms with Gasteiger partial charge in [-0.3, -0.25) is 4.79 Å². The van der Waals surface area contributed by atoms with Gasteiger partial charge in [-0.1, -0.05) is 12.1 Å². The summed E-state index contributed by atoms with van der Waals surface area (Å²) in [4.78, 5) is 14.0. The average Bonchev–Trinajstić information content (AvgIpc) is 2.41. The van der Waals surface area contributed by atoms with E-state index in [0.29, 0.717) is 6.54 Å². The van der Waals surface area contributed by atoms with Crippen LogP contribution in [0.2, 0.25) is 0 Å². The minimum Gasteiger partial charge on any atom is -0.435 e. The number of carbonyl (C=O) groups is 1. The number of piperazine rings is 1. The highest BCUT2D eigenvalue weighted by molar-refractivity contribution is 5.85. The number of hydrogen-bond acceptors (Lipinski definition) is 3. The highest BCUT2D eigenvalue weighted by atomic mass is 35.5. The lowest BCUT2D eigenvalue weighted by Crippen LogP contribution is -2.52. The van der Waals surface area contributed by atoms with Crippen LogP contribution in [-0.2, 0) is 11.2 Å².